The van der Waals surface area contributed by atoms with Crippen LogP contribution in [0.1, 0.15) is 15.9 Å². The Bertz CT molecular complexity index is 543. The Morgan fingerprint density at radius 1 is 1.39 bits per heavy atom. The zero-order chi connectivity index (χ0) is 13.0. The van der Waals surface area contributed by atoms with Crippen LogP contribution in [0, 0.1) is 0 Å². The van der Waals surface area contributed by atoms with Crippen molar-refractivity contribution in [2.75, 3.05) is 11.9 Å². The quantitative estimate of drug-likeness (QED) is 0.813. The molecule has 0 aliphatic rings. The van der Waals surface area contributed by atoms with Gasteiger partial charge in [0.15, 0.2) is 6.29 Å². The standard InChI is InChI=1S/C14H13BrN2O/c1-17(9-11-3-2-6-16-8-11)13-5-4-12(10-18)14(15)7-13/h2-8,10H,9H2,1H3. The second-order valence-corrected chi connectivity index (χ2v) is 4.90. The second kappa shape index (κ2) is 5.78. The molecule has 0 aliphatic heterocycles. The van der Waals surface area contributed by atoms with Crippen molar-refractivity contribution >= 4 is 27.9 Å². The van der Waals surface area contributed by atoms with Crippen molar-refractivity contribution in [2.24, 2.45) is 0 Å². The Kier molecular flexibility index (Phi) is 4.10. The molecule has 0 aliphatic carbocycles. The summed E-state index contributed by atoms with van der Waals surface area (Å²) in [5, 5.41) is 0. The minimum Gasteiger partial charge on any atom is -0.370 e. The maximum absolute atomic E-state index is 10.7. The number of rotatable bonds is 4. The molecule has 0 amide bonds. The van der Waals surface area contributed by atoms with Crippen LogP contribution in [0.2, 0.25) is 0 Å². The average Bonchev–Trinajstić information content (AvgIpc) is 2.39. The van der Waals surface area contributed by atoms with Crippen LogP contribution in [0.3, 0.4) is 0 Å². The zero-order valence-corrected chi connectivity index (χ0v) is 11.6. The fourth-order valence-corrected chi connectivity index (χ4v) is 2.17. The number of carbonyl (C=O) groups excluding carboxylic acids is 1. The third-order valence-corrected chi connectivity index (χ3v) is 3.38. The predicted octanol–water partition coefficient (Wildman–Crippen LogP) is 3.29. The fraction of sp³-hybridized carbons (Fsp3) is 0.143. The number of halogens is 1. The topological polar surface area (TPSA) is 33.2 Å². The zero-order valence-electron chi connectivity index (χ0n) is 10.0. The molecule has 0 bridgehead atoms. The van der Waals surface area contributed by atoms with Crippen LogP contribution < -0.4 is 4.90 Å². The molecule has 0 unspecified atom stereocenters. The molecule has 0 saturated carbocycles. The highest BCUT2D eigenvalue weighted by Crippen LogP contribution is 2.23. The molecule has 4 heteroatoms. The first kappa shape index (κ1) is 12.8. The summed E-state index contributed by atoms with van der Waals surface area (Å²) in [5.41, 5.74) is 2.86. The van der Waals surface area contributed by atoms with Crippen molar-refractivity contribution in [2.45, 2.75) is 6.54 Å². The molecule has 0 radical (unpaired) electrons. The largest absolute Gasteiger partial charge is 0.370 e. The molecule has 1 heterocycles. The number of pyridine rings is 1. The number of benzene rings is 1. The molecule has 0 fully saturated rings. The Hall–Kier alpha value is -1.68. The smallest absolute Gasteiger partial charge is 0.151 e. The van der Waals surface area contributed by atoms with Crippen LogP contribution in [0.4, 0.5) is 5.69 Å². The number of hydrogen-bond donors (Lipinski definition) is 0. The van der Waals surface area contributed by atoms with E-state index >= 15 is 0 Å². The summed E-state index contributed by atoms with van der Waals surface area (Å²) in [6.45, 7) is 0.778. The number of aldehydes is 1. The summed E-state index contributed by atoms with van der Waals surface area (Å²) in [7, 11) is 2.01. The summed E-state index contributed by atoms with van der Waals surface area (Å²) in [4.78, 5) is 16.9. The third-order valence-electron chi connectivity index (χ3n) is 2.69. The van der Waals surface area contributed by atoms with E-state index < -0.39 is 0 Å². The molecular formula is C14H13BrN2O. The number of anilines is 1. The van der Waals surface area contributed by atoms with Gasteiger partial charge in [-0.3, -0.25) is 9.78 Å². The van der Waals surface area contributed by atoms with E-state index in [1.54, 1.807) is 6.20 Å². The van der Waals surface area contributed by atoms with Gasteiger partial charge in [-0.25, -0.2) is 0 Å². The van der Waals surface area contributed by atoms with E-state index in [9.17, 15) is 4.79 Å². The third kappa shape index (κ3) is 2.96. The molecule has 1 aromatic carbocycles. The van der Waals surface area contributed by atoms with Gasteiger partial charge in [-0.2, -0.15) is 0 Å². The molecule has 3 nitrogen and oxygen atoms in total. The summed E-state index contributed by atoms with van der Waals surface area (Å²) >= 11 is 3.39. The number of carbonyl (C=O) groups is 1. The molecule has 18 heavy (non-hydrogen) atoms. The fourth-order valence-electron chi connectivity index (χ4n) is 1.71. The van der Waals surface area contributed by atoms with E-state index in [-0.39, 0.29) is 0 Å². The van der Waals surface area contributed by atoms with Gasteiger partial charge in [0.05, 0.1) is 0 Å². The van der Waals surface area contributed by atoms with E-state index in [0.29, 0.717) is 5.56 Å². The van der Waals surface area contributed by atoms with Crippen molar-refractivity contribution in [3.63, 3.8) is 0 Å². The van der Waals surface area contributed by atoms with Gasteiger partial charge in [-0.15, -0.1) is 0 Å². The van der Waals surface area contributed by atoms with Crippen LogP contribution in [-0.4, -0.2) is 18.3 Å². The number of hydrogen-bond acceptors (Lipinski definition) is 3. The van der Waals surface area contributed by atoms with Crippen LogP contribution >= 0.6 is 15.9 Å². The van der Waals surface area contributed by atoms with Gasteiger partial charge in [-0.1, -0.05) is 6.07 Å². The van der Waals surface area contributed by atoms with Gasteiger partial charge < -0.3 is 4.90 Å². The Labute approximate surface area is 115 Å². The Morgan fingerprint density at radius 3 is 2.83 bits per heavy atom. The summed E-state index contributed by atoms with van der Waals surface area (Å²) in [6.07, 6.45) is 4.46. The maximum atomic E-state index is 10.7. The number of nitrogens with zero attached hydrogens (tertiary/aromatic N) is 2. The lowest BCUT2D eigenvalue weighted by Gasteiger charge is -2.19. The van der Waals surface area contributed by atoms with E-state index in [0.717, 1.165) is 28.6 Å². The summed E-state index contributed by atoms with van der Waals surface area (Å²) in [5.74, 6) is 0. The van der Waals surface area contributed by atoms with Gasteiger partial charge in [-0.05, 0) is 45.8 Å². The van der Waals surface area contributed by atoms with Crippen LogP contribution in [0.25, 0.3) is 0 Å². The molecule has 1 aromatic heterocycles. The lowest BCUT2D eigenvalue weighted by Crippen LogP contribution is -2.16. The van der Waals surface area contributed by atoms with Crippen molar-refractivity contribution in [3.8, 4) is 0 Å². The van der Waals surface area contributed by atoms with Gasteiger partial charge >= 0.3 is 0 Å². The first-order valence-corrected chi connectivity index (χ1v) is 6.35. The molecule has 0 saturated heterocycles. The van der Waals surface area contributed by atoms with Crippen LogP contribution in [-0.2, 0) is 6.54 Å². The van der Waals surface area contributed by atoms with Gasteiger partial charge in [0.25, 0.3) is 0 Å². The van der Waals surface area contributed by atoms with Crippen molar-refractivity contribution < 1.29 is 4.79 Å². The highest BCUT2D eigenvalue weighted by molar-refractivity contribution is 9.10. The minimum absolute atomic E-state index is 0.661. The first-order valence-electron chi connectivity index (χ1n) is 5.55. The van der Waals surface area contributed by atoms with Gasteiger partial charge in [0, 0.05) is 41.7 Å². The predicted molar refractivity (Wildman–Crippen MR) is 75.9 cm³/mol. The first-order chi connectivity index (χ1) is 8.70. The van der Waals surface area contributed by atoms with Crippen molar-refractivity contribution in [3.05, 3.63) is 58.3 Å². The Morgan fingerprint density at radius 2 is 2.22 bits per heavy atom. The summed E-state index contributed by atoms with van der Waals surface area (Å²) in [6, 6.07) is 9.66. The normalized spacial score (nSPS) is 10.1. The summed E-state index contributed by atoms with van der Waals surface area (Å²) < 4.78 is 0.813. The molecular weight excluding hydrogens is 292 g/mol. The second-order valence-electron chi connectivity index (χ2n) is 4.04. The minimum atomic E-state index is 0.661. The highest BCUT2D eigenvalue weighted by atomic mass is 79.9. The van der Waals surface area contributed by atoms with Gasteiger partial charge in [0.1, 0.15) is 0 Å². The highest BCUT2D eigenvalue weighted by Gasteiger charge is 2.05. The van der Waals surface area contributed by atoms with Gasteiger partial charge in [0.2, 0.25) is 0 Å². The Balaban J connectivity index is 2.16. The molecule has 0 spiro atoms. The number of aromatic nitrogens is 1. The van der Waals surface area contributed by atoms with Crippen LogP contribution in [0.15, 0.2) is 47.2 Å². The SMILES string of the molecule is CN(Cc1cccnc1)c1ccc(C=O)c(Br)c1. The van der Waals surface area contributed by atoms with Crippen molar-refractivity contribution in [1.82, 2.24) is 4.98 Å². The molecule has 0 N–H and O–H groups in total. The van der Waals surface area contributed by atoms with E-state index in [4.69, 9.17) is 0 Å². The monoisotopic (exact) mass is 304 g/mol. The average molecular weight is 305 g/mol. The van der Waals surface area contributed by atoms with Crippen molar-refractivity contribution in [1.29, 1.82) is 0 Å². The molecule has 92 valence electrons. The van der Waals surface area contributed by atoms with E-state index in [1.807, 2.05) is 43.6 Å². The van der Waals surface area contributed by atoms with E-state index in [2.05, 4.69) is 25.8 Å². The maximum Gasteiger partial charge on any atom is 0.151 e. The lowest BCUT2D eigenvalue weighted by atomic mass is 10.2. The molecule has 0 atom stereocenters. The van der Waals surface area contributed by atoms with E-state index in [1.165, 1.54) is 0 Å². The lowest BCUT2D eigenvalue weighted by molar-refractivity contribution is 0.112. The molecule has 2 rings (SSSR count). The molecule has 2 aromatic rings. The van der Waals surface area contributed by atoms with Crippen LogP contribution in [0.5, 0.6) is 0 Å².